The number of carbonyl (C=O) groups is 1. The molecule has 7 heteroatoms. The lowest BCUT2D eigenvalue weighted by Gasteiger charge is -2.40. The van der Waals surface area contributed by atoms with E-state index in [1.165, 1.54) is 0 Å². The second-order valence-corrected chi connectivity index (χ2v) is 7.51. The van der Waals surface area contributed by atoms with Gasteiger partial charge in [-0.15, -0.1) is 0 Å². The maximum atomic E-state index is 12.8. The maximum Gasteiger partial charge on any atom is 0.321 e. The first-order chi connectivity index (χ1) is 13.6. The van der Waals surface area contributed by atoms with Crippen molar-refractivity contribution in [1.29, 1.82) is 0 Å². The van der Waals surface area contributed by atoms with Gasteiger partial charge in [-0.2, -0.15) is 0 Å². The number of hydrogen-bond donors (Lipinski definition) is 1. The van der Waals surface area contributed by atoms with Crippen LogP contribution < -0.4 is 10.1 Å². The van der Waals surface area contributed by atoms with Crippen molar-refractivity contribution < 1.29 is 14.3 Å². The Morgan fingerprint density at radius 1 is 1.14 bits per heavy atom. The van der Waals surface area contributed by atoms with E-state index in [0.717, 1.165) is 51.5 Å². The number of carbonyl (C=O) groups excluding carboxylic acids is 1. The normalized spacial score (nSPS) is 22.8. The van der Waals surface area contributed by atoms with Crippen LogP contribution >= 0.6 is 0 Å². The number of nitrogens with one attached hydrogen (secondary N) is 1. The third-order valence-corrected chi connectivity index (χ3v) is 5.48. The number of nitrogens with zero attached hydrogens (tertiary/aromatic N) is 3. The Bertz CT molecular complexity index is 810. The van der Waals surface area contributed by atoms with Gasteiger partial charge < -0.3 is 19.7 Å². The Hall–Kier alpha value is -2.64. The number of likely N-dealkylation sites (tertiary alicyclic amines) is 1. The summed E-state index contributed by atoms with van der Waals surface area (Å²) in [5, 5.41) is 3.00. The zero-order valence-electron chi connectivity index (χ0n) is 16.1. The number of morpholine rings is 1. The summed E-state index contributed by atoms with van der Waals surface area (Å²) in [5.41, 5.74) is 0.740. The fourth-order valence-corrected chi connectivity index (χ4v) is 3.86. The number of aromatic nitrogens is 1. The van der Waals surface area contributed by atoms with Gasteiger partial charge in [-0.1, -0.05) is 6.07 Å². The summed E-state index contributed by atoms with van der Waals surface area (Å²) in [6.45, 7) is 7.13. The highest BCUT2D eigenvalue weighted by Gasteiger charge is 2.41. The van der Waals surface area contributed by atoms with Crippen LogP contribution in [0.5, 0.6) is 11.5 Å². The van der Waals surface area contributed by atoms with Crippen LogP contribution in [0.15, 0.2) is 48.8 Å². The number of hydrogen-bond acceptors (Lipinski definition) is 5. The number of pyridine rings is 1. The molecule has 2 aliphatic heterocycles. The van der Waals surface area contributed by atoms with Crippen molar-refractivity contribution in [2.75, 3.05) is 44.7 Å². The quantitative estimate of drug-likeness (QED) is 0.880. The number of benzene rings is 1. The second kappa shape index (κ2) is 8.16. The van der Waals surface area contributed by atoms with Gasteiger partial charge in [0.2, 0.25) is 0 Å². The number of urea groups is 1. The van der Waals surface area contributed by atoms with Gasteiger partial charge in [0.05, 0.1) is 13.2 Å². The Kier molecular flexibility index (Phi) is 5.45. The van der Waals surface area contributed by atoms with Crippen molar-refractivity contribution in [3.8, 4) is 11.5 Å². The van der Waals surface area contributed by atoms with E-state index in [-0.39, 0.29) is 11.6 Å². The van der Waals surface area contributed by atoms with Crippen LogP contribution in [-0.4, -0.2) is 65.7 Å². The molecule has 148 valence electrons. The van der Waals surface area contributed by atoms with Gasteiger partial charge >= 0.3 is 6.03 Å². The number of anilines is 1. The first kappa shape index (κ1) is 18.7. The summed E-state index contributed by atoms with van der Waals surface area (Å²) in [6.07, 6.45) is 4.34. The highest BCUT2D eigenvalue weighted by atomic mass is 16.5. The van der Waals surface area contributed by atoms with Gasteiger partial charge in [-0.05, 0) is 37.6 Å². The predicted octanol–water partition coefficient (Wildman–Crippen LogP) is 3.20. The van der Waals surface area contributed by atoms with E-state index in [0.29, 0.717) is 11.5 Å². The highest BCUT2D eigenvalue weighted by Crippen LogP contribution is 2.29. The molecule has 0 spiro atoms. The molecule has 0 saturated carbocycles. The van der Waals surface area contributed by atoms with Crippen LogP contribution in [0.4, 0.5) is 10.5 Å². The third-order valence-electron chi connectivity index (χ3n) is 5.48. The molecule has 0 bridgehead atoms. The topological polar surface area (TPSA) is 66.9 Å². The van der Waals surface area contributed by atoms with E-state index < -0.39 is 0 Å². The zero-order valence-corrected chi connectivity index (χ0v) is 16.1. The Morgan fingerprint density at radius 3 is 2.71 bits per heavy atom. The smallest absolute Gasteiger partial charge is 0.321 e. The Morgan fingerprint density at radius 2 is 1.93 bits per heavy atom. The SMILES string of the molecule is CC1(N2CCOCC2)CCN(C(=O)Nc2cccc(Oc3ccncc3)c2)C1. The van der Waals surface area contributed by atoms with Crippen LogP contribution in [0.2, 0.25) is 0 Å². The van der Waals surface area contributed by atoms with Crippen LogP contribution in [0, 0.1) is 0 Å². The molecule has 0 radical (unpaired) electrons. The lowest BCUT2D eigenvalue weighted by Crippen LogP contribution is -2.53. The lowest BCUT2D eigenvalue weighted by molar-refractivity contribution is -0.0116. The van der Waals surface area contributed by atoms with Gasteiger partial charge in [0.15, 0.2) is 0 Å². The van der Waals surface area contributed by atoms with Crippen molar-refractivity contribution in [2.24, 2.45) is 0 Å². The van der Waals surface area contributed by atoms with E-state index in [1.807, 2.05) is 29.2 Å². The molecule has 4 rings (SSSR count). The summed E-state index contributed by atoms with van der Waals surface area (Å²) >= 11 is 0. The lowest BCUT2D eigenvalue weighted by atomic mass is 9.98. The maximum absolute atomic E-state index is 12.8. The average molecular weight is 382 g/mol. The van der Waals surface area contributed by atoms with Gasteiger partial charge in [-0.25, -0.2) is 4.79 Å². The molecule has 1 N–H and O–H groups in total. The predicted molar refractivity (Wildman–Crippen MR) is 107 cm³/mol. The molecule has 3 heterocycles. The van der Waals surface area contributed by atoms with E-state index in [9.17, 15) is 4.79 Å². The van der Waals surface area contributed by atoms with Crippen molar-refractivity contribution >= 4 is 11.7 Å². The summed E-state index contributed by atoms with van der Waals surface area (Å²) in [5.74, 6) is 1.38. The van der Waals surface area contributed by atoms with Gasteiger partial charge in [0.25, 0.3) is 0 Å². The van der Waals surface area contributed by atoms with Crippen LogP contribution in [0.25, 0.3) is 0 Å². The molecule has 28 heavy (non-hydrogen) atoms. The zero-order chi connectivity index (χ0) is 19.4. The molecule has 2 amide bonds. The summed E-state index contributed by atoms with van der Waals surface area (Å²) < 4.78 is 11.3. The monoisotopic (exact) mass is 382 g/mol. The largest absolute Gasteiger partial charge is 0.457 e. The molecule has 0 aliphatic carbocycles. The number of amides is 2. The molecular weight excluding hydrogens is 356 g/mol. The highest BCUT2D eigenvalue weighted by molar-refractivity contribution is 5.89. The third kappa shape index (κ3) is 4.26. The number of ether oxygens (including phenoxy) is 2. The second-order valence-electron chi connectivity index (χ2n) is 7.51. The minimum Gasteiger partial charge on any atom is -0.457 e. The molecule has 1 unspecified atom stereocenters. The first-order valence-corrected chi connectivity index (χ1v) is 9.69. The fraction of sp³-hybridized carbons (Fsp3) is 0.429. The summed E-state index contributed by atoms with van der Waals surface area (Å²) in [7, 11) is 0. The first-order valence-electron chi connectivity index (χ1n) is 9.69. The minimum atomic E-state index is -0.0713. The Balaban J connectivity index is 1.37. The van der Waals surface area contributed by atoms with Crippen LogP contribution in [0.3, 0.4) is 0 Å². The molecule has 2 fully saturated rings. The van der Waals surface area contributed by atoms with Crippen LogP contribution in [0.1, 0.15) is 13.3 Å². The van der Waals surface area contributed by atoms with E-state index >= 15 is 0 Å². The summed E-state index contributed by atoms with van der Waals surface area (Å²) in [6, 6.07) is 10.9. The summed E-state index contributed by atoms with van der Waals surface area (Å²) in [4.78, 5) is 21.1. The van der Waals surface area contributed by atoms with Crippen molar-refractivity contribution in [3.05, 3.63) is 48.8 Å². The van der Waals surface area contributed by atoms with Crippen LogP contribution in [-0.2, 0) is 4.74 Å². The van der Waals surface area contributed by atoms with E-state index in [4.69, 9.17) is 9.47 Å². The molecule has 2 saturated heterocycles. The Labute approximate surface area is 165 Å². The van der Waals surface area contributed by atoms with Gasteiger partial charge in [0, 0.05) is 55.9 Å². The van der Waals surface area contributed by atoms with Crippen molar-refractivity contribution in [3.63, 3.8) is 0 Å². The molecular formula is C21H26N4O3. The molecule has 7 nitrogen and oxygen atoms in total. The minimum absolute atomic E-state index is 0.0213. The van der Waals surface area contributed by atoms with E-state index in [2.05, 4.69) is 22.1 Å². The molecule has 1 aromatic heterocycles. The van der Waals surface area contributed by atoms with Gasteiger partial charge in [-0.3, -0.25) is 9.88 Å². The van der Waals surface area contributed by atoms with E-state index in [1.54, 1.807) is 24.5 Å². The molecule has 1 atom stereocenters. The standard InChI is InChI=1S/C21H26N4O3/c1-21(25-11-13-27-14-12-25)7-10-24(16-21)20(26)23-17-3-2-4-19(15-17)28-18-5-8-22-9-6-18/h2-6,8-9,15H,7,10-14,16H2,1H3,(H,23,26). The van der Waals surface area contributed by atoms with Gasteiger partial charge in [0.1, 0.15) is 11.5 Å². The molecule has 1 aromatic carbocycles. The number of rotatable bonds is 4. The molecule has 2 aromatic rings. The fourth-order valence-electron chi connectivity index (χ4n) is 3.86. The molecule has 2 aliphatic rings. The van der Waals surface area contributed by atoms with Crippen molar-refractivity contribution in [2.45, 2.75) is 18.9 Å². The van der Waals surface area contributed by atoms with Crippen molar-refractivity contribution in [1.82, 2.24) is 14.8 Å². The average Bonchev–Trinajstić information content (AvgIpc) is 3.13.